The third-order valence-electron chi connectivity index (χ3n) is 6.56. The molecule has 0 aliphatic carbocycles. The summed E-state index contributed by atoms with van der Waals surface area (Å²) in [7, 11) is 3.79. The van der Waals surface area contributed by atoms with Gasteiger partial charge in [0.05, 0.1) is 37.0 Å². The van der Waals surface area contributed by atoms with Crippen molar-refractivity contribution in [1.29, 1.82) is 0 Å². The minimum atomic E-state index is -0.467. The van der Waals surface area contributed by atoms with Crippen LogP contribution in [-0.4, -0.2) is 80.5 Å². The van der Waals surface area contributed by atoms with E-state index in [1.165, 1.54) is 11.1 Å². The number of carbonyl (C=O) groups excluding carboxylic acids is 1. The highest BCUT2D eigenvalue weighted by atomic mass is 16.5. The molecule has 4 heterocycles. The predicted molar refractivity (Wildman–Crippen MR) is 123 cm³/mol. The zero-order valence-electron chi connectivity index (χ0n) is 19.0. The molecule has 0 radical (unpaired) electrons. The largest absolute Gasteiger partial charge is 0.495 e. The molecule has 1 atom stereocenters. The number of nitrogens with one attached hydrogen (secondary N) is 1. The van der Waals surface area contributed by atoms with Gasteiger partial charge in [-0.1, -0.05) is 0 Å². The zero-order chi connectivity index (χ0) is 22.9. The van der Waals surface area contributed by atoms with E-state index in [0.29, 0.717) is 24.7 Å². The number of aromatic nitrogens is 4. The van der Waals surface area contributed by atoms with Crippen molar-refractivity contribution >= 4 is 28.6 Å². The van der Waals surface area contributed by atoms with Gasteiger partial charge < -0.3 is 25.0 Å². The predicted octanol–water partition coefficient (Wildman–Crippen LogP) is 1.55. The summed E-state index contributed by atoms with van der Waals surface area (Å²) in [4.78, 5) is 25.3. The average Bonchev–Trinajstić information content (AvgIpc) is 3.45. The maximum absolute atomic E-state index is 12.1. The average molecular weight is 452 g/mol. The van der Waals surface area contributed by atoms with E-state index in [9.17, 15) is 9.90 Å². The minimum absolute atomic E-state index is 0.00291. The van der Waals surface area contributed by atoms with Crippen LogP contribution in [0.4, 0.5) is 11.6 Å². The molecular weight excluding hydrogens is 422 g/mol. The molecule has 10 nitrogen and oxygen atoms in total. The third-order valence-corrected chi connectivity index (χ3v) is 6.56. The number of carbonyl (C=O) groups is 1. The summed E-state index contributed by atoms with van der Waals surface area (Å²) >= 11 is 0. The summed E-state index contributed by atoms with van der Waals surface area (Å²) in [6, 6.07) is 4.21. The molecule has 1 saturated heterocycles. The van der Waals surface area contributed by atoms with Crippen molar-refractivity contribution in [2.24, 2.45) is 0 Å². The number of ether oxygens (including phenoxy) is 1. The van der Waals surface area contributed by atoms with Crippen LogP contribution in [0.5, 0.6) is 5.75 Å². The summed E-state index contributed by atoms with van der Waals surface area (Å²) in [5.41, 5.74) is 4.11. The molecule has 1 fully saturated rings. The minimum Gasteiger partial charge on any atom is -0.495 e. The monoisotopic (exact) mass is 451 g/mol. The second-order valence-corrected chi connectivity index (χ2v) is 8.77. The molecule has 2 aliphatic rings. The number of nitrogens with zero attached hydrogens (tertiary/aromatic N) is 6. The van der Waals surface area contributed by atoms with Gasteiger partial charge in [0, 0.05) is 25.8 Å². The van der Waals surface area contributed by atoms with Gasteiger partial charge in [0.2, 0.25) is 11.9 Å². The van der Waals surface area contributed by atoms with E-state index in [1.807, 2.05) is 4.68 Å². The van der Waals surface area contributed by atoms with Gasteiger partial charge in [-0.05, 0) is 49.6 Å². The summed E-state index contributed by atoms with van der Waals surface area (Å²) < 4.78 is 7.45. The van der Waals surface area contributed by atoms with Gasteiger partial charge >= 0.3 is 0 Å². The molecular formula is C23H29N7O3. The Morgan fingerprint density at radius 3 is 2.97 bits per heavy atom. The lowest BCUT2D eigenvalue weighted by atomic mass is 9.99. The van der Waals surface area contributed by atoms with Crippen molar-refractivity contribution in [2.45, 2.75) is 38.4 Å². The number of fused-ring (bicyclic) bond motifs is 2. The van der Waals surface area contributed by atoms with E-state index in [1.54, 1.807) is 24.4 Å². The Balaban J connectivity index is 1.41. The van der Waals surface area contributed by atoms with E-state index in [-0.39, 0.29) is 11.9 Å². The first-order chi connectivity index (χ1) is 16.1. The Morgan fingerprint density at radius 2 is 2.15 bits per heavy atom. The SMILES string of the molecule is COc1cc2c(cc1Nc1ncc3cnn(CC4CCCN4C(=O)CO)c3n1)CN(C)CC2. The normalized spacial score (nSPS) is 18.5. The lowest BCUT2D eigenvalue weighted by Crippen LogP contribution is -2.39. The fourth-order valence-electron chi connectivity index (χ4n) is 4.82. The number of methoxy groups -OCH3 is 1. The molecule has 10 heteroatoms. The number of aliphatic hydroxyl groups is 1. The van der Waals surface area contributed by atoms with Crippen LogP contribution < -0.4 is 10.1 Å². The molecule has 1 amide bonds. The molecule has 2 N–H and O–H groups in total. The van der Waals surface area contributed by atoms with Crippen molar-refractivity contribution in [2.75, 3.05) is 39.2 Å². The second kappa shape index (κ2) is 8.95. The first-order valence-corrected chi connectivity index (χ1v) is 11.3. The lowest BCUT2D eigenvalue weighted by molar-refractivity contribution is -0.135. The number of anilines is 2. The van der Waals surface area contributed by atoms with Crippen LogP contribution in [0.1, 0.15) is 24.0 Å². The molecule has 0 bridgehead atoms. The van der Waals surface area contributed by atoms with Crippen LogP contribution in [0.25, 0.3) is 11.0 Å². The molecule has 33 heavy (non-hydrogen) atoms. The Bertz CT molecular complexity index is 1180. The molecule has 3 aromatic rings. The highest BCUT2D eigenvalue weighted by Crippen LogP contribution is 2.33. The van der Waals surface area contributed by atoms with Gasteiger partial charge in [0.15, 0.2) is 5.65 Å². The van der Waals surface area contributed by atoms with Crippen molar-refractivity contribution in [3.8, 4) is 5.75 Å². The number of benzene rings is 1. The second-order valence-electron chi connectivity index (χ2n) is 8.77. The van der Waals surface area contributed by atoms with Crippen LogP contribution in [0, 0.1) is 0 Å². The van der Waals surface area contributed by atoms with Crippen molar-refractivity contribution in [3.63, 3.8) is 0 Å². The molecule has 174 valence electrons. The fourth-order valence-corrected chi connectivity index (χ4v) is 4.82. The highest BCUT2D eigenvalue weighted by molar-refractivity contribution is 5.78. The number of hydrogen-bond donors (Lipinski definition) is 2. The number of rotatable bonds is 6. The Morgan fingerprint density at radius 1 is 1.27 bits per heavy atom. The zero-order valence-corrected chi connectivity index (χ0v) is 19.0. The molecule has 0 saturated carbocycles. The number of likely N-dealkylation sites (N-methyl/N-ethyl adjacent to an activating group) is 1. The van der Waals surface area contributed by atoms with Crippen molar-refractivity contribution < 1.29 is 14.6 Å². The number of hydrogen-bond acceptors (Lipinski definition) is 8. The number of likely N-dealkylation sites (tertiary alicyclic amines) is 1. The molecule has 1 aromatic carbocycles. The number of aliphatic hydroxyl groups excluding tert-OH is 1. The van der Waals surface area contributed by atoms with Crippen LogP contribution >= 0.6 is 0 Å². The van der Waals surface area contributed by atoms with Crippen LogP contribution in [0.3, 0.4) is 0 Å². The summed E-state index contributed by atoms with van der Waals surface area (Å²) in [5.74, 6) is 0.983. The molecule has 0 spiro atoms. The fraction of sp³-hybridized carbons (Fsp3) is 0.478. The van der Waals surface area contributed by atoms with Crippen molar-refractivity contribution in [1.82, 2.24) is 29.5 Å². The van der Waals surface area contributed by atoms with Gasteiger partial charge in [0.25, 0.3) is 0 Å². The summed E-state index contributed by atoms with van der Waals surface area (Å²) in [6.07, 6.45) is 6.29. The van der Waals surface area contributed by atoms with Crippen LogP contribution in [-0.2, 0) is 24.3 Å². The van der Waals surface area contributed by atoms with E-state index >= 15 is 0 Å². The molecule has 1 unspecified atom stereocenters. The van der Waals surface area contributed by atoms with Crippen LogP contribution in [0.15, 0.2) is 24.5 Å². The Kier molecular flexibility index (Phi) is 5.86. The smallest absolute Gasteiger partial charge is 0.248 e. The van der Waals surface area contributed by atoms with Gasteiger partial charge in [0.1, 0.15) is 12.4 Å². The van der Waals surface area contributed by atoms with Gasteiger partial charge in [-0.25, -0.2) is 9.67 Å². The lowest BCUT2D eigenvalue weighted by Gasteiger charge is -2.26. The van der Waals surface area contributed by atoms with Gasteiger partial charge in [-0.15, -0.1) is 0 Å². The Labute approximate surface area is 192 Å². The standard InChI is InChI=1S/C23H29N7O3/c1-28-7-5-15-9-20(33-2)19(8-16(15)12-28)26-23-24-10-17-11-25-30(22(17)27-23)13-18-4-3-6-29(18)21(32)14-31/h8-11,18,31H,3-7,12-14H2,1-2H3,(H,24,26,27). The van der Waals surface area contributed by atoms with Gasteiger partial charge in [-0.3, -0.25) is 4.79 Å². The maximum Gasteiger partial charge on any atom is 0.248 e. The van der Waals surface area contributed by atoms with E-state index < -0.39 is 6.61 Å². The third kappa shape index (κ3) is 4.23. The van der Waals surface area contributed by atoms with E-state index in [4.69, 9.17) is 9.72 Å². The highest BCUT2D eigenvalue weighted by Gasteiger charge is 2.29. The van der Waals surface area contributed by atoms with Crippen LogP contribution in [0.2, 0.25) is 0 Å². The molecule has 5 rings (SSSR count). The molecule has 2 aliphatic heterocycles. The van der Waals surface area contributed by atoms with Gasteiger partial charge in [-0.2, -0.15) is 10.1 Å². The Hall–Kier alpha value is -3.24. The van der Waals surface area contributed by atoms with E-state index in [2.05, 4.69) is 39.5 Å². The maximum atomic E-state index is 12.1. The summed E-state index contributed by atoms with van der Waals surface area (Å²) in [6.45, 7) is 2.66. The summed E-state index contributed by atoms with van der Waals surface area (Å²) in [5, 5.41) is 17.9. The first kappa shape index (κ1) is 21.6. The topological polar surface area (TPSA) is 109 Å². The van der Waals surface area contributed by atoms with Crippen molar-refractivity contribution in [3.05, 3.63) is 35.7 Å². The quantitative estimate of drug-likeness (QED) is 0.581. The first-order valence-electron chi connectivity index (χ1n) is 11.3. The molecule has 2 aromatic heterocycles. The number of amides is 1. The van der Waals surface area contributed by atoms with E-state index in [0.717, 1.165) is 49.2 Å².